The summed E-state index contributed by atoms with van der Waals surface area (Å²) in [7, 11) is 0. The summed E-state index contributed by atoms with van der Waals surface area (Å²) in [4.78, 5) is 17.4. The third-order valence-electron chi connectivity index (χ3n) is 5.03. The normalized spacial score (nSPS) is 11.1. The van der Waals surface area contributed by atoms with E-state index in [0.29, 0.717) is 16.3 Å². The van der Waals surface area contributed by atoms with E-state index in [1.807, 2.05) is 61.5 Å². The van der Waals surface area contributed by atoms with Gasteiger partial charge in [0.2, 0.25) is 0 Å². The Hall–Kier alpha value is -3.26. The van der Waals surface area contributed by atoms with E-state index < -0.39 is 5.91 Å². The molecule has 0 saturated heterocycles. The number of thiocarbonyl (C=S) groups is 1. The number of carbonyl (C=O) groups excluding carboxylic acids is 1. The van der Waals surface area contributed by atoms with Crippen LogP contribution in [-0.4, -0.2) is 16.0 Å². The maximum Gasteiger partial charge on any atom is 0.293 e. The van der Waals surface area contributed by atoms with Crippen LogP contribution >= 0.6 is 35.2 Å². The van der Waals surface area contributed by atoms with Crippen LogP contribution in [0.3, 0.4) is 0 Å². The monoisotopic (exact) mass is 477 g/mol. The molecule has 0 atom stereocenters. The van der Waals surface area contributed by atoms with E-state index in [0.717, 1.165) is 31.7 Å². The third kappa shape index (κ3) is 3.86. The number of carbonyl (C=O) groups is 1. The second-order valence-corrected chi connectivity index (χ2v) is 8.99. The van der Waals surface area contributed by atoms with Gasteiger partial charge in [-0.05, 0) is 55.5 Å². The molecule has 0 aliphatic heterocycles. The minimum atomic E-state index is -0.406. The van der Waals surface area contributed by atoms with E-state index in [4.69, 9.17) is 28.2 Å². The third-order valence-corrected chi connectivity index (χ3v) is 6.63. The van der Waals surface area contributed by atoms with Crippen LogP contribution in [0.1, 0.15) is 16.1 Å². The number of aryl methyl sites for hydroxylation is 1. The number of para-hydroxylation sites is 2. The molecule has 2 N–H and O–H groups in total. The first-order chi connectivity index (χ1) is 15.5. The summed E-state index contributed by atoms with van der Waals surface area (Å²) >= 11 is 13.4. The lowest BCUT2D eigenvalue weighted by Gasteiger charge is -2.10. The van der Waals surface area contributed by atoms with Crippen LogP contribution in [0.4, 0.5) is 5.69 Å². The highest BCUT2D eigenvalue weighted by Crippen LogP contribution is 2.36. The van der Waals surface area contributed by atoms with Gasteiger partial charge in [-0.15, -0.1) is 11.3 Å². The van der Waals surface area contributed by atoms with Gasteiger partial charge in [0, 0.05) is 22.2 Å². The lowest BCUT2D eigenvalue weighted by atomic mass is 10.1. The summed E-state index contributed by atoms with van der Waals surface area (Å²) < 4.78 is 6.79. The van der Waals surface area contributed by atoms with Crippen LogP contribution in [0.15, 0.2) is 71.1 Å². The summed E-state index contributed by atoms with van der Waals surface area (Å²) in [6, 6.07) is 20.9. The standard InChI is InChI=1S/C24H16ClN3O2S2/c1-13-15-6-2-4-8-19(15)30-21(13)22(29)28-24(31)26-14-10-11-17(25)16(12-14)23-27-18-7-3-5-9-20(18)32-23/h2-12H,1H3,(H2,26,28,29,31). The average molecular weight is 478 g/mol. The number of nitrogens with zero attached hydrogens (tertiary/aromatic N) is 1. The molecule has 8 heteroatoms. The number of nitrogens with one attached hydrogen (secondary N) is 2. The SMILES string of the molecule is Cc1c(C(=O)NC(=S)Nc2ccc(Cl)c(-c3nc4ccccc4s3)c2)oc2ccccc12. The topological polar surface area (TPSA) is 67.2 Å². The highest BCUT2D eigenvalue weighted by Gasteiger charge is 2.18. The van der Waals surface area contributed by atoms with Crippen molar-refractivity contribution in [1.29, 1.82) is 0 Å². The fourth-order valence-corrected chi connectivity index (χ4v) is 4.94. The maximum absolute atomic E-state index is 12.7. The Morgan fingerprint density at radius 3 is 2.69 bits per heavy atom. The minimum Gasteiger partial charge on any atom is -0.451 e. The lowest BCUT2D eigenvalue weighted by Crippen LogP contribution is -2.34. The highest BCUT2D eigenvalue weighted by atomic mass is 35.5. The molecule has 2 aromatic heterocycles. The fraction of sp³-hybridized carbons (Fsp3) is 0.0417. The van der Waals surface area contributed by atoms with Gasteiger partial charge in [0.25, 0.3) is 5.91 Å². The Kier molecular flexibility index (Phi) is 5.38. The number of thiazole rings is 1. The van der Waals surface area contributed by atoms with Gasteiger partial charge in [-0.1, -0.05) is 41.9 Å². The molecule has 158 valence electrons. The molecule has 0 aliphatic carbocycles. The zero-order valence-electron chi connectivity index (χ0n) is 16.8. The first-order valence-electron chi connectivity index (χ1n) is 9.75. The van der Waals surface area contributed by atoms with Crippen molar-refractivity contribution in [2.45, 2.75) is 6.92 Å². The van der Waals surface area contributed by atoms with Crippen LogP contribution in [0.2, 0.25) is 5.02 Å². The molecule has 0 spiro atoms. The molecule has 3 aromatic carbocycles. The van der Waals surface area contributed by atoms with Gasteiger partial charge in [0.15, 0.2) is 10.9 Å². The summed E-state index contributed by atoms with van der Waals surface area (Å²) in [5, 5.41) is 8.18. The molecule has 5 rings (SSSR count). The molecule has 0 radical (unpaired) electrons. The number of amides is 1. The Balaban J connectivity index is 1.35. The number of anilines is 1. The van der Waals surface area contributed by atoms with Gasteiger partial charge in [0.1, 0.15) is 10.6 Å². The lowest BCUT2D eigenvalue weighted by molar-refractivity contribution is 0.0952. The Labute approximate surface area is 198 Å². The molecule has 0 saturated carbocycles. The van der Waals surface area contributed by atoms with Crippen LogP contribution in [-0.2, 0) is 0 Å². The summed E-state index contributed by atoms with van der Waals surface area (Å²) in [6.07, 6.45) is 0. The number of furan rings is 1. The van der Waals surface area contributed by atoms with Crippen molar-refractivity contribution in [1.82, 2.24) is 10.3 Å². The van der Waals surface area contributed by atoms with Crippen molar-refractivity contribution >= 4 is 73.0 Å². The van der Waals surface area contributed by atoms with Crippen molar-refractivity contribution in [3.05, 3.63) is 83.1 Å². The largest absolute Gasteiger partial charge is 0.451 e. The van der Waals surface area contributed by atoms with Crippen molar-refractivity contribution in [3.63, 3.8) is 0 Å². The highest BCUT2D eigenvalue weighted by molar-refractivity contribution is 7.80. The van der Waals surface area contributed by atoms with Crippen molar-refractivity contribution < 1.29 is 9.21 Å². The number of aromatic nitrogens is 1. The molecule has 0 unspecified atom stereocenters. The van der Waals surface area contributed by atoms with Gasteiger partial charge >= 0.3 is 0 Å². The van der Waals surface area contributed by atoms with Crippen LogP contribution < -0.4 is 10.6 Å². The fourth-order valence-electron chi connectivity index (χ4n) is 3.47. The number of hydrogen-bond donors (Lipinski definition) is 2. The molecule has 5 aromatic rings. The van der Waals surface area contributed by atoms with E-state index in [2.05, 4.69) is 15.6 Å². The van der Waals surface area contributed by atoms with Crippen LogP contribution in [0.25, 0.3) is 31.8 Å². The number of hydrogen-bond acceptors (Lipinski definition) is 5. The van der Waals surface area contributed by atoms with E-state index in [-0.39, 0.29) is 10.9 Å². The molecule has 0 fully saturated rings. The summed E-state index contributed by atoms with van der Waals surface area (Å²) in [6.45, 7) is 1.85. The predicted octanol–water partition coefficient (Wildman–Crippen LogP) is 6.80. The van der Waals surface area contributed by atoms with Crippen molar-refractivity contribution in [3.8, 4) is 10.6 Å². The average Bonchev–Trinajstić information content (AvgIpc) is 3.36. The van der Waals surface area contributed by atoms with Gasteiger partial charge in [-0.3, -0.25) is 10.1 Å². The van der Waals surface area contributed by atoms with Crippen LogP contribution in [0, 0.1) is 6.92 Å². The molecule has 1 amide bonds. The molecule has 32 heavy (non-hydrogen) atoms. The molecular formula is C24H16ClN3O2S2. The summed E-state index contributed by atoms with van der Waals surface area (Å²) in [5.41, 5.74) is 3.83. The van der Waals surface area contributed by atoms with E-state index in [9.17, 15) is 4.79 Å². The van der Waals surface area contributed by atoms with Crippen molar-refractivity contribution in [2.24, 2.45) is 0 Å². The molecule has 5 nitrogen and oxygen atoms in total. The smallest absolute Gasteiger partial charge is 0.293 e. The maximum atomic E-state index is 12.7. The second kappa shape index (κ2) is 8.35. The summed E-state index contributed by atoms with van der Waals surface area (Å²) in [5.74, 6) is -0.168. The van der Waals surface area contributed by atoms with Crippen LogP contribution in [0.5, 0.6) is 0 Å². The second-order valence-electron chi connectivity index (χ2n) is 7.14. The Bertz CT molecular complexity index is 1470. The zero-order chi connectivity index (χ0) is 22.2. The molecule has 0 bridgehead atoms. The minimum absolute atomic E-state index is 0.160. The number of halogens is 1. The number of rotatable bonds is 3. The molecular weight excluding hydrogens is 462 g/mol. The predicted molar refractivity (Wildman–Crippen MR) is 135 cm³/mol. The first-order valence-corrected chi connectivity index (χ1v) is 11.4. The number of benzene rings is 3. The van der Waals surface area contributed by atoms with Crippen molar-refractivity contribution in [2.75, 3.05) is 5.32 Å². The van der Waals surface area contributed by atoms with Gasteiger partial charge in [0.05, 0.1) is 15.2 Å². The van der Waals surface area contributed by atoms with Gasteiger partial charge < -0.3 is 9.73 Å². The van der Waals surface area contributed by atoms with Gasteiger partial charge in [-0.2, -0.15) is 0 Å². The molecule has 0 aliphatic rings. The zero-order valence-corrected chi connectivity index (χ0v) is 19.2. The van der Waals surface area contributed by atoms with E-state index >= 15 is 0 Å². The first kappa shape index (κ1) is 20.6. The van der Waals surface area contributed by atoms with E-state index in [1.54, 1.807) is 23.5 Å². The van der Waals surface area contributed by atoms with Gasteiger partial charge in [-0.25, -0.2) is 4.98 Å². The van der Waals surface area contributed by atoms with E-state index in [1.165, 1.54) is 0 Å². The number of fused-ring (bicyclic) bond motifs is 2. The quantitative estimate of drug-likeness (QED) is 0.280. The Morgan fingerprint density at radius 2 is 1.88 bits per heavy atom. The molecule has 2 heterocycles. The Morgan fingerprint density at radius 1 is 1.09 bits per heavy atom.